The fourth-order valence-corrected chi connectivity index (χ4v) is 3.21. The summed E-state index contributed by atoms with van der Waals surface area (Å²) in [6, 6.07) is 14.6. The first-order chi connectivity index (χ1) is 15.0. The molecule has 0 bridgehead atoms. The summed E-state index contributed by atoms with van der Waals surface area (Å²) in [6.45, 7) is 0.381. The number of aromatic nitrogens is 1. The molecule has 0 radical (unpaired) electrons. The van der Waals surface area contributed by atoms with E-state index < -0.39 is 0 Å². The minimum atomic E-state index is -0.309. The van der Waals surface area contributed by atoms with Crippen molar-refractivity contribution >= 4 is 5.91 Å². The molecule has 0 spiro atoms. The second kappa shape index (κ2) is 9.99. The maximum atomic E-state index is 12.7. The van der Waals surface area contributed by atoms with E-state index in [1.807, 2.05) is 61.5 Å². The van der Waals surface area contributed by atoms with Gasteiger partial charge in [-0.3, -0.25) is 4.79 Å². The quantitative estimate of drug-likeness (QED) is 0.562. The van der Waals surface area contributed by atoms with Gasteiger partial charge in [0.15, 0.2) is 23.0 Å². The molecule has 31 heavy (non-hydrogen) atoms. The number of ether oxygens (including phenoxy) is 3. The lowest BCUT2D eigenvalue weighted by Crippen LogP contribution is -2.34. The average Bonchev–Trinajstić information content (AvgIpc) is 3.29. The number of carbonyl (C=O) groups is 1. The van der Waals surface area contributed by atoms with Crippen LogP contribution < -0.4 is 19.5 Å². The van der Waals surface area contributed by atoms with E-state index in [2.05, 4.69) is 10.5 Å². The summed E-state index contributed by atoms with van der Waals surface area (Å²) < 4.78 is 21.2. The van der Waals surface area contributed by atoms with Gasteiger partial charge >= 0.3 is 0 Å². The van der Waals surface area contributed by atoms with E-state index in [1.54, 1.807) is 27.4 Å². The number of rotatable bonds is 9. The minimum Gasteiger partial charge on any atom is -0.497 e. The molecular weight excluding hydrogens is 398 g/mol. The van der Waals surface area contributed by atoms with Crippen molar-refractivity contribution in [2.24, 2.45) is 0 Å². The van der Waals surface area contributed by atoms with E-state index >= 15 is 0 Å². The molecule has 0 aliphatic carbocycles. The van der Waals surface area contributed by atoms with Gasteiger partial charge in [0.2, 0.25) is 0 Å². The van der Waals surface area contributed by atoms with Gasteiger partial charge in [-0.05, 0) is 56.1 Å². The molecule has 1 aromatic heterocycles. The van der Waals surface area contributed by atoms with Crippen LogP contribution in [0.25, 0.3) is 11.3 Å². The Labute approximate surface area is 181 Å². The number of hydrogen-bond acceptors (Lipinski definition) is 7. The van der Waals surface area contributed by atoms with Crippen LogP contribution in [0.1, 0.15) is 22.1 Å². The molecule has 1 N–H and O–H groups in total. The second-order valence-electron chi connectivity index (χ2n) is 7.11. The average molecular weight is 425 g/mol. The van der Waals surface area contributed by atoms with Crippen LogP contribution in [0.4, 0.5) is 0 Å². The molecule has 0 saturated carbocycles. The van der Waals surface area contributed by atoms with E-state index in [9.17, 15) is 4.79 Å². The second-order valence-corrected chi connectivity index (χ2v) is 7.11. The fraction of sp³-hybridized carbons (Fsp3) is 0.304. The van der Waals surface area contributed by atoms with E-state index in [4.69, 9.17) is 18.7 Å². The Morgan fingerprint density at radius 1 is 1.00 bits per heavy atom. The van der Waals surface area contributed by atoms with Crippen molar-refractivity contribution in [3.63, 3.8) is 0 Å². The number of methoxy groups -OCH3 is 3. The number of nitrogens with one attached hydrogen (secondary N) is 1. The highest BCUT2D eigenvalue weighted by Gasteiger charge is 2.20. The topological polar surface area (TPSA) is 86.1 Å². The number of nitrogens with zero attached hydrogens (tertiary/aromatic N) is 2. The zero-order valence-electron chi connectivity index (χ0n) is 18.3. The fourth-order valence-electron chi connectivity index (χ4n) is 3.21. The predicted octanol–water partition coefficient (Wildman–Crippen LogP) is 3.40. The summed E-state index contributed by atoms with van der Waals surface area (Å²) in [7, 11) is 8.70. The molecule has 0 saturated heterocycles. The van der Waals surface area contributed by atoms with Crippen LogP contribution in [-0.4, -0.2) is 57.9 Å². The number of benzene rings is 2. The van der Waals surface area contributed by atoms with Crippen molar-refractivity contribution in [2.75, 3.05) is 42.0 Å². The number of amides is 1. The van der Waals surface area contributed by atoms with Crippen molar-refractivity contribution in [2.45, 2.75) is 6.04 Å². The van der Waals surface area contributed by atoms with Crippen LogP contribution in [0.2, 0.25) is 0 Å². The van der Waals surface area contributed by atoms with Gasteiger partial charge in [-0.15, -0.1) is 0 Å². The minimum absolute atomic E-state index is 0.0725. The van der Waals surface area contributed by atoms with Crippen LogP contribution in [-0.2, 0) is 0 Å². The van der Waals surface area contributed by atoms with Crippen LogP contribution in [0.15, 0.2) is 53.1 Å². The molecule has 1 atom stereocenters. The third-order valence-corrected chi connectivity index (χ3v) is 4.99. The standard InChI is InChI=1S/C23H27N3O5/c1-26(2)19(16-8-11-20(29-4)22(12-16)30-5)14-24-23(27)18-13-21(31-25-18)15-6-9-17(28-3)10-7-15/h6-13,19H,14H2,1-5H3,(H,24,27)/t19-/m0/s1. The van der Waals surface area contributed by atoms with E-state index in [-0.39, 0.29) is 17.6 Å². The number of likely N-dealkylation sites (N-methyl/N-ethyl adjacent to an activating group) is 1. The van der Waals surface area contributed by atoms with Crippen molar-refractivity contribution in [3.05, 3.63) is 59.8 Å². The van der Waals surface area contributed by atoms with Gasteiger partial charge in [0.1, 0.15) is 5.75 Å². The summed E-state index contributed by atoms with van der Waals surface area (Å²) in [5.74, 6) is 2.24. The molecule has 0 fully saturated rings. The molecule has 1 amide bonds. The number of hydrogen-bond donors (Lipinski definition) is 1. The summed E-state index contributed by atoms with van der Waals surface area (Å²) in [6.07, 6.45) is 0. The van der Waals surface area contributed by atoms with Gasteiger partial charge in [-0.1, -0.05) is 11.2 Å². The highest BCUT2D eigenvalue weighted by Crippen LogP contribution is 2.31. The summed E-state index contributed by atoms with van der Waals surface area (Å²) >= 11 is 0. The maximum absolute atomic E-state index is 12.7. The summed E-state index contributed by atoms with van der Waals surface area (Å²) in [4.78, 5) is 14.7. The lowest BCUT2D eigenvalue weighted by molar-refractivity contribution is 0.0933. The van der Waals surface area contributed by atoms with Gasteiger partial charge in [0.05, 0.1) is 27.4 Å². The predicted molar refractivity (Wildman–Crippen MR) is 117 cm³/mol. The normalized spacial score (nSPS) is 11.8. The highest BCUT2D eigenvalue weighted by molar-refractivity contribution is 5.93. The molecule has 164 valence electrons. The van der Waals surface area contributed by atoms with Crippen LogP contribution in [0, 0.1) is 0 Å². The Bertz CT molecular complexity index is 1010. The van der Waals surface area contributed by atoms with Gasteiger partial charge < -0.3 is 29.0 Å². The SMILES string of the molecule is COc1ccc(-c2cc(C(=O)NC[C@@H](c3ccc(OC)c(OC)c3)N(C)C)no2)cc1. The molecule has 0 unspecified atom stereocenters. The third-order valence-electron chi connectivity index (χ3n) is 4.99. The lowest BCUT2D eigenvalue weighted by atomic mass is 10.0. The Hall–Kier alpha value is -3.52. The largest absolute Gasteiger partial charge is 0.497 e. The van der Waals surface area contributed by atoms with Crippen LogP contribution in [0.3, 0.4) is 0 Å². The molecule has 2 aromatic carbocycles. The summed E-state index contributed by atoms with van der Waals surface area (Å²) in [5.41, 5.74) is 2.02. The van der Waals surface area contributed by atoms with Crippen molar-refractivity contribution in [3.8, 4) is 28.6 Å². The van der Waals surface area contributed by atoms with Gasteiger partial charge in [-0.2, -0.15) is 0 Å². The van der Waals surface area contributed by atoms with Crippen LogP contribution >= 0.6 is 0 Å². The molecule has 3 rings (SSSR count). The Morgan fingerprint density at radius 2 is 1.71 bits per heavy atom. The Morgan fingerprint density at radius 3 is 2.32 bits per heavy atom. The first-order valence-corrected chi connectivity index (χ1v) is 9.74. The highest BCUT2D eigenvalue weighted by atomic mass is 16.5. The van der Waals surface area contributed by atoms with Gasteiger partial charge in [0, 0.05) is 18.2 Å². The van der Waals surface area contributed by atoms with Crippen molar-refractivity contribution < 1.29 is 23.5 Å². The Balaban J connectivity index is 1.70. The van der Waals surface area contributed by atoms with E-state index in [0.29, 0.717) is 23.8 Å². The molecule has 3 aromatic rings. The van der Waals surface area contributed by atoms with Gasteiger partial charge in [-0.25, -0.2) is 0 Å². The molecule has 0 aliphatic heterocycles. The van der Waals surface area contributed by atoms with Crippen LogP contribution in [0.5, 0.6) is 17.2 Å². The first kappa shape index (κ1) is 22.2. The van der Waals surface area contributed by atoms with Crippen molar-refractivity contribution in [1.29, 1.82) is 0 Å². The van der Waals surface area contributed by atoms with E-state index in [0.717, 1.165) is 16.9 Å². The first-order valence-electron chi connectivity index (χ1n) is 9.74. The zero-order chi connectivity index (χ0) is 22.4. The lowest BCUT2D eigenvalue weighted by Gasteiger charge is -2.25. The smallest absolute Gasteiger partial charge is 0.273 e. The van der Waals surface area contributed by atoms with Gasteiger partial charge in [0.25, 0.3) is 5.91 Å². The third kappa shape index (κ3) is 5.16. The summed E-state index contributed by atoms with van der Waals surface area (Å²) in [5, 5.41) is 6.85. The molecule has 8 heteroatoms. The molecule has 0 aliphatic rings. The zero-order valence-corrected chi connectivity index (χ0v) is 18.3. The molecule has 8 nitrogen and oxygen atoms in total. The number of carbonyl (C=O) groups excluding carboxylic acids is 1. The Kier molecular flexibility index (Phi) is 7.15. The maximum Gasteiger partial charge on any atom is 0.273 e. The monoisotopic (exact) mass is 425 g/mol. The van der Waals surface area contributed by atoms with E-state index in [1.165, 1.54) is 0 Å². The molecule has 1 heterocycles. The van der Waals surface area contributed by atoms with Crippen molar-refractivity contribution in [1.82, 2.24) is 15.4 Å². The molecular formula is C23H27N3O5.